The van der Waals surface area contributed by atoms with Crippen LogP contribution in [0.3, 0.4) is 0 Å². The van der Waals surface area contributed by atoms with Crippen LogP contribution in [-0.4, -0.2) is 35.9 Å². The Morgan fingerprint density at radius 3 is 2.55 bits per heavy atom. The number of carbonyl (C=O) groups excluding carboxylic acids is 1. The molecule has 0 aromatic carbocycles. The summed E-state index contributed by atoms with van der Waals surface area (Å²) in [4.78, 5) is 12.2. The van der Waals surface area contributed by atoms with Crippen LogP contribution in [0.1, 0.15) is 17.8 Å². The molecule has 0 bridgehead atoms. The highest BCUT2D eigenvalue weighted by molar-refractivity contribution is 7.15. The minimum atomic E-state index is -4.56. The third-order valence-corrected chi connectivity index (χ3v) is 4.09. The Bertz CT molecular complexity index is 485. The lowest BCUT2D eigenvalue weighted by Gasteiger charge is -2.34. The fraction of sp³-hybridized carbons (Fsp3) is 0.700. The maximum atomic E-state index is 12.4. The van der Waals surface area contributed by atoms with E-state index in [0.29, 0.717) is 37.4 Å². The van der Waals surface area contributed by atoms with Crippen molar-refractivity contribution in [3.8, 4) is 0 Å². The van der Waals surface area contributed by atoms with E-state index in [0.717, 1.165) is 0 Å². The van der Waals surface area contributed by atoms with Gasteiger partial charge in [0.25, 0.3) is 0 Å². The smallest absolute Gasteiger partial charge is 0.381 e. The zero-order chi connectivity index (χ0) is 14.8. The van der Waals surface area contributed by atoms with Gasteiger partial charge in [-0.25, -0.2) is 0 Å². The quantitative estimate of drug-likeness (QED) is 0.877. The highest BCUT2D eigenvalue weighted by Gasteiger charge is 2.40. The lowest BCUT2D eigenvalue weighted by molar-refractivity contribution is -0.138. The summed E-state index contributed by atoms with van der Waals surface area (Å²) in [5.74, 6) is -0.437. The molecule has 1 aliphatic heterocycles. The molecule has 0 atom stereocenters. The molecule has 1 saturated heterocycles. The van der Waals surface area contributed by atoms with Gasteiger partial charge >= 0.3 is 6.18 Å². The number of rotatable bonds is 3. The summed E-state index contributed by atoms with van der Waals surface area (Å²) in [6.45, 7) is 0.899. The van der Waals surface area contributed by atoms with Gasteiger partial charge in [-0.1, -0.05) is 11.3 Å². The SMILES string of the molecule is NCC1(C(=O)Nc2nnc(C(F)(F)F)s2)CCOCC1. The van der Waals surface area contributed by atoms with Crippen molar-refractivity contribution in [1.29, 1.82) is 0 Å². The number of carbonyl (C=O) groups is 1. The highest BCUT2D eigenvalue weighted by Crippen LogP contribution is 2.35. The van der Waals surface area contributed by atoms with Crippen LogP contribution in [-0.2, 0) is 15.7 Å². The molecule has 0 spiro atoms. The second-order valence-corrected chi connectivity index (χ2v) is 5.44. The topological polar surface area (TPSA) is 90.1 Å². The Kier molecular flexibility index (Phi) is 4.25. The second-order valence-electron chi connectivity index (χ2n) is 4.46. The molecule has 3 N–H and O–H groups in total. The molecule has 0 unspecified atom stereocenters. The molecule has 6 nitrogen and oxygen atoms in total. The molecule has 10 heteroatoms. The minimum absolute atomic E-state index is 0.104. The van der Waals surface area contributed by atoms with Gasteiger partial charge in [-0.3, -0.25) is 10.1 Å². The maximum absolute atomic E-state index is 12.4. The van der Waals surface area contributed by atoms with Crippen LogP contribution < -0.4 is 11.1 Å². The first kappa shape index (κ1) is 15.1. The Morgan fingerprint density at radius 1 is 1.40 bits per heavy atom. The Morgan fingerprint density at radius 2 is 2.05 bits per heavy atom. The summed E-state index contributed by atoms with van der Waals surface area (Å²) in [6.07, 6.45) is -3.70. The molecule has 1 aliphatic rings. The van der Waals surface area contributed by atoms with Crippen LogP contribution >= 0.6 is 11.3 Å². The summed E-state index contributed by atoms with van der Waals surface area (Å²) >= 11 is 0.290. The van der Waals surface area contributed by atoms with Crippen molar-refractivity contribution in [2.75, 3.05) is 25.1 Å². The van der Waals surface area contributed by atoms with Crippen LogP contribution in [0, 0.1) is 5.41 Å². The van der Waals surface area contributed by atoms with Crippen LogP contribution in [0.2, 0.25) is 0 Å². The van der Waals surface area contributed by atoms with Gasteiger partial charge in [0.05, 0.1) is 5.41 Å². The van der Waals surface area contributed by atoms with Crippen molar-refractivity contribution in [3.05, 3.63) is 5.01 Å². The number of ether oxygens (including phenoxy) is 1. The number of nitrogens with zero attached hydrogens (tertiary/aromatic N) is 2. The molecule has 2 rings (SSSR count). The van der Waals surface area contributed by atoms with Crippen LogP contribution in [0.25, 0.3) is 0 Å². The van der Waals surface area contributed by atoms with E-state index < -0.39 is 22.5 Å². The van der Waals surface area contributed by atoms with E-state index in [4.69, 9.17) is 10.5 Å². The Balaban J connectivity index is 2.09. The molecule has 0 saturated carbocycles. The van der Waals surface area contributed by atoms with Gasteiger partial charge in [0.1, 0.15) is 0 Å². The van der Waals surface area contributed by atoms with E-state index >= 15 is 0 Å². The first-order valence-electron chi connectivity index (χ1n) is 5.87. The average Bonchev–Trinajstić information content (AvgIpc) is 2.88. The molecule has 0 radical (unpaired) electrons. The lowest BCUT2D eigenvalue weighted by Crippen LogP contribution is -2.46. The van der Waals surface area contributed by atoms with Gasteiger partial charge in [-0.15, -0.1) is 10.2 Å². The molecule has 1 aromatic heterocycles. The van der Waals surface area contributed by atoms with Crippen LogP contribution in [0.15, 0.2) is 0 Å². The van der Waals surface area contributed by atoms with Crippen molar-refractivity contribution in [2.45, 2.75) is 19.0 Å². The third-order valence-electron chi connectivity index (χ3n) is 3.21. The van der Waals surface area contributed by atoms with Crippen LogP contribution in [0.5, 0.6) is 0 Å². The molecule has 2 heterocycles. The van der Waals surface area contributed by atoms with Crippen molar-refractivity contribution < 1.29 is 22.7 Å². The maximum Gasteiger partial charge on any atom is 0.445 e. The van der Waals surface area contributed by atoms with Crippen molar-refractivity contribution in [3.63, 3.8) is 0 Å². The van der Waals surface area contributed by atoms with E-state index in [1.165, 1.54) is 0 Å². The summed E-state index contributed by atoms with van der Waals surface area (Å²) in [5.41, 5.74) is 4.82. The van der Waals surface area contributed by atoms with Gasteiger partial charge in [-0.05, 0) is 12.8 Å². The number of hydrogen-bond acceptors (Lipinski definition) is 6. The highest BCUT2D eigenvalue weighted by atomic mass is 32.1. The number of alkyl halides is 3. The van der Waals surface area contributed by atoms with Gasteiger partial charge in [-0.2, -0.15) is 13.2 Å². The Hall–Kier alpha value is -1.26. The largest absolute Gasteiger partial charge is 0.445 e. The van der Waals surface area contributed by atoms with E-state index in [-0.39, 0.29) is 11.7 Å². The fourth-order valence-electron chi connectivity index (χ4n) is 1.90. The van der Waals surface area contributed by atoms with Crippen LogP contribution in [0.4, 0.5) is 18.3 Å². The van der Waals surface area contributed by atoms with Gasteiger partial charge in [0.15, 0.2) is 0 Å². The molecule has 112 valence electrons. The number of hydrogen-bond donors (Lipinski definition) is 2. The second kappa shape index (κ2) is 5.62. The predicted octanol–water partition coefficient (Wildman–Crippen LogP) is 1.25. The number of aromatic nitrogens is 2. The number of anilines is 1. The monoisotopic (exact) mass is 310 g/mol. The summed E-state index contributed by atoms with van der Waals surface area (Å²) in [5, 5.41) is 7.43. The van der Waals surface area contributed by atoms with Gasteiger partial charge < -0.3 is 10.5 Å². The van der Waals surface area contributed by atoms with E-state index in [1.807, 2.05) is 0 Å². The zero-order valence-electron chi connectivity index (χ0n) is 10.4. The third kappa shape index (κ3) is 3.07. The molecule has 0 aliphatic carbocycles. The molecule has 20 heavy (non-hydrogen) atoms. The summed E-state index contributed by atoms with van der Waals surface area (Å²) in [7, 11) is 0. The summed E-state index contributed by atoms with van der Waals surface area (Å²) < 4.78 is 42.3. The molecule has 1 aromatic rings. The number of halogens is 3. The van der Waals surface area contributed by atoms with Crippen molar-refractivity contribution in [2.24, 2.45) is 11.1 Å². The summed E-state index contributed by atoms with van der Waals surface area (Å²) in [6, 6.07) is 0. The first-order chi connectivity index (χ1) is 9.37. The van der Waals surface area contributed by atoms with Crippen molar-refractivity contribution >= 4 is 22.4 Å². The van der Waals surface area contributed by atoms with Crippen molar-refractivity contribution in [1.82, 2.24) is 10.2 Å². The minimum Gasteiger partial charge on any atom is -0.381 e. The first-order valence-corrected chi connectivity index (χ1v) is 6.69. The van der Waals surface area contributed by atoms with E-state index in [1.54, 1.807) is 0 Å². The molecule has 1 amide bonds. The number of amides is 1. The van der Waals surface area contributed by atoms with E-state index in [9.17, 15) is 18.0 Å². The molecular formula is C10H13F3N4O2S. The Labute approximate surface area is 116 Å². The normalized spacial score (nSPS) is 18.8. The number of nitrogens with one attached hydrogen (secondary N) is 1. The van der Waals surface area contributed by atoms with Gasteiger partial charge in [0.2, 0.25) is 16.0 Å². The molecule has 1 fully saturated rings. The van der Waals surface area contributed by atoms with Gasteiger partial charge in [0, 0.05) is 19.8 Å². The standard InChI is InChI=1S/C10H13F3N4O2S/c11-10(12,13)7-16-17-8(20-7)15-6(18)9(5-14)1-3-19-4-2-9/h1-5,14H2,(H,15,17,18). The average molecular weight is 310 g/mol. The molecular weight excluding hydrogens is 297 g/mol. The fourth-order valence-corrected chi connectivity index (χ4v) is 2.51. The predicted molar refractivity (Wildman–Crippen MR) is 65.1 cm³/mol. The van der Waals surface area contributed by atoms with E-state index in [2.05, 4.69) is 15.5 Å². The number of nitrogens with two attached hydrogens (primary N) is 1. The zero-order valence-corrected chi connectivity index (χ0v) is 11.2. The lowest BCUT2D eigenvalue weighted by atomic mass is 9.79.